The van der Waals surface area contributed by atoms with Gasteiger partial charge in [-0.05, 0) is 85.9 Å². The smallest absolute Gasteiger partial charge is 0.264 e. The van der Waals surface area contributed by atoms with Gasteiger partial charge in [-0.25, -0.2) is 4.98 Å². The number of carbonyl (C=O) groups excluding carboxylic acids is 5. The number of unbranched alkanes of at least 4 members (excludes halogenated alkanes) is 2. The number of aromatic nitrogens is 3. The molecule has 0 radical (unpaired) electrons. The lowest BCUT2D eigenvalue weighted by atomic mass is 9.93. The Kier molecular flexibility index (Phi) is 17.9. The van der Waals surface area contributed by atoms with Crippen molar-refractivity contribution in [3.05, 3.63) is 137 Å². The summed E-state index contributed by atoms with van der Waals surface area (Å²) >= 11 is 0. The molecule has 0 bridgehead atoms. The maximum atomic E-state index is 13.3. The third-order valence-corrected chi connectivity index (χ3v) is 14.0. The number of rotatable bonds is 23. The van der Waals surface area contributed by atoms with Crippen molar-refractivity contribution >= 4 is 46.3 Å². The van der Waals surface area contributed by atoms with E-state index in [-0.39, 0.29) is 42.0 Å². The molecule has 1 unspecified atom stereocenters. The number of aliphatic hydroxyl groups is 1. The summed E-state index contributed by atoms with van der Waals surface area (Å²) < 4.78 is 21.1. The monoisotopic (exact) mass is 1030 g/mol. The van der Waals surface area contributed by atoms with Crippen LogP contribution in [-0.2, 0) is 35.1 Å². The molecular formula is C59H64N8O9. The van der Waals surface area contributed by atoms with E-state index in [1.165, 1.54) is 0 Å². The molecule has 4 aromatic carbocycles. The summed E-state index contributed by atoms with van der Waals surface area (Å²) in [5, 5.41) is 29.0. The summed E-state index contributed by atoms with van der Waals surface area (Å²) in [6.07, 6.45) is 7.28. The highest BCUT2D eigenvalue weighted by atomic mass is 16.5. The maximum Gasteiger partial charge on any atom is 0.264 e. The van der Waals surface area contributed by atoms with E-state index in [4.69, 9.17) is 19.2 Å². The van der Waals surface area contributed by atoms with Gasteiger partial charge in [0, 0.05) is 61.8 Å². The molecule has 76 heavy (non-hydrogen) atoms. The number of nitrogens with zero attached hydrogens (tertiary/aromatic N) is 4. The number of amides is 5. The van der Waals surface area contributed by atoms with Crippen LogP contribution in [0.15, 0.2) is 109 Å². The van der Waals surface area contributed by atoms with E-state index in [9.17, 15) is 34.5 Å². The summed E-state index contributed by atoms with van der Waals surface area (Å²) in [4.78, 5) is 68.8. The molecule has 17 nitrogen and oxygen atoms in total. The number of hydrogen-bond acceptors (Lipinski definition) is 12. The topological polar surface area (TPSA) is 219 Å². The Balaban J connectivity index is 0.669. The van der Waals surface area contributed by atoms with Gasteiger partial charge in [0.25, 0.3) is 11.8 Å². The Morgan fingerprint density at radius 1 is 0.763 bits per heavy atom. The van der Waals surface area contributed by atoms with Gasteiger partial charge in [0.2, 0.25) is 17.7 Å². The quantitative estimate of drug-likeness (QED) is 0.0256. The van der Waals surface area contributed by atoms with Gasteiger partial charge >= 0.3 is 0 Å². The van der Waals surface area contributed by atoms with Gasteiger partial charge in [-0.3, -0.25) is 39.6 Å². The lowest BCUT2D eigenvalue weighted by Crippen LogP contribution is -2.54. The van der Waals surface area contributed by atoms with Crippen LogP contribution in [0.1, 0.15) is 102 Å². The van der Waals surface area contributed by atoms with Crippen LogP contribution in [0, 0.1) is 17.3 Å². The molecule has 394 valence electrons. The Hall–Kier alpha value is -7.75. The molecule has 1 saturated carbocycles. The van der Waals surface area contributed by atoms with Gasteiger partial charge in [0.1, 0.15) is 17.2 Å². The van der Waals surface area contributed by atoms with Crippen molar-refractivity contribution in [1.82, 2.24) is 29.7 Å². The lowest BCUT2D eigenvalue weighted by molar-refractivity contribution is -0.136. The number of fused-ring (bicyclic) bond motifs is 2. The number of imide groups is 2. The van der Waals surface area contributed by atoms with Crippen molar-refractivity contribution in [2.45, 2.75) is 88.9 Å². The van der Waals surface area contributed by atoms with Crippen molar-refractivity contribution in [3.63, 3.8) is 0 Å². The average molecular weight is 1030 g/mol. The van der Waals surface area contributed by atoms with Crippen molar-refractivity contribution < 1.29 is 43.3 Å². The fourth-order valence-electron chi connectivity index (χ4n) is 10.2. The summed E-state index contributed by atoms with van der Waals surface area (Å²) in [7, 11) is 0. The van der Waals surface area contributed by atoms with E-state index in [2.05, 4.69) is 68.8 Å². The predicted molar refractivity (Wildman–Crippen MR) is 286 cm³/mol. The van der Waals surface area contributed by atoms with Gasteiger partial charge in [0.15, 0.2) is 0 Å². The van der Waals surface area contributed by atoms with Crippen molar-refractivity contribution in [1.29, 1.82) is 5.41 Å². The standard InChI is InChI=1S/C59H64N8O9/c60-55-53-51(42-16-6-3-7-17-42)54(43-18-8-4-9-19-43)65(56(53)63-39-66(55)44-23-25-45(68)26-24-44)38-41-15-11-14-40(37-41)13-5-1-2-10-22-49(69)62-30-32-75-34-36-76-35-33-74-31-29-61-47-21-12-20-46-52(47)59(73)67(58(46)72)48-27-28-50(70)64-57(48)71/h3-4,6-9,11-12,14-21,37,39,44-45,48,60-61,68H,1-2,10,22-36,38H2,(H,62,69)(H,64,70,71). The Morgan fingerprint density at radius 2 is 1.46 bits per heavy atom. The van der Waals surface area contributed by atoms with Gasteiger partial charge in [-0.1, -0.05) is 90.7 Å². The highest BCUT2D eigenvalue weighted by Crippen LogP contribution is 2.40. The van der Waals surface area contributed by atoms with E-state index in [1.54, 1.807) is 18.2 Å². The molecule has 9 rings (SSSR count). The molecule has 4 heterocycles. The third kappa shape index (κ3) is 12.7. The molecular weight excluding hydrogens is 965 g/mol. The number of ether oxygens (including phenoxy) is 3. The number of benzene rings is 4. The molecule has 6 aromatic rings. The van der Waals surface area contributed by atoms with Crippen LogP contribution in [0.25, 0.3) is 33.4 Å². The second-order valence-corrected chi connectivity index (χ2v) is 19.2. The number of piperidine rings is 1. The second-order valence-electron chi connectivity index (χ2n) is 19.2. The molecule has 1 saturated heterocycles. The summed E-state index contributed by atoms with van der Waals surface area (Å²) in [6, 6.07) is 32.8. The third-order valence-electron chi connectivity index (χ3n) is 14.0. The minimum atomic E-state index is -1.03. The van der Waals surface area contributed by atoms with E-state index in [1.807, 2.05) is 59.4 Å². The molecule has 5 N–H and O–H groups in total. The fourth-order valence-corrected chi connectivity index (χ4v) is 10.2. The molecule has 17 heteroatoms. The zero-order chi connectivity index (χ0) is 52.8. The van der Waals surface area contributed by atoms with Crippen LogP contribution in [0.4, 0.5) is 5.69 Å². The van der Waals surface area contributed by atoms with Crippen LogP contribution < -0.4 is 21.4 Å². The first-order chi connectivity index (χ1) is 37.2. The van der Waals surface area contributed by atoms with Crippen molar-refractivity contribution in [2.75, 3.05) is 58.0 Å². The predicted octanol–water partition coefficient (Wildman–Crippen LogP) is 6.77. The number of hydrogen-bond donors (Lipinski definition) is 5. The van der Waals surface area contributed by atoms with Crippen molar-refractivity contribution in [3.8, 4) is 34.2 Å². The fraction of sp³-hybridized carbons (Fsp3) is 0.373. The number of nitrogens with one attached hydrogen (secondary N) is 4. The molecule has 2 aliphatic heterocycles. The highest BCUT2D eigenvalue weighted by molar-refractivity contribution is 6.25. The Labute approximate surface area is 441 Å². The SMILES string of the molecule is N=c1c2c(-c3ccccc3)c(-c3ccccc3)n(Cc3cccc(C#CCCCCC(=O)NCCOCCOCCOCCNc4cccc5c4C(=O)N(C4CCC(=O)NC4=O)C5=O)c3)c2ncn1C1CCC(O)CC1. The molecule has 3 aliphatic rings. The molecule has 2 fully saturated rings. The molecule has 5 amide bonds. The lowest BCUT2D eigenvalue weighted by Gasteiger charge is -2.27. The van der Waals surface area contributed by atoms with Gasteiger partial charge < -0.3 is 39.1 Å². The van der Waals surface area contributed by atoms with Crippen LogP contribution in [0.3, 0.4) is 0 Å². The van der Waals surface area contributed by atoms with Gasteiger partial charge in [0.05, 0.1) is 74.3 Å². The Morgan fingerprint density at radius 3 is 2.20 bits per heavy atom. The van der Waals surface area contributed by atoms with E-state index >= 15 is 0 Å². The maximum absolute atomic E-state index is 13.3. The number of carbonyl (C=O) groups is 5. The Bertz CT molecular complexity index is 3170. The molecule has 2 aromatic heterocycles. The van der Waals surface area contributed by atoms with E-state index in [0.29, 0.717) is 103 Å². The van der Waals surface area contributed by atoms with E-state index in [0.717, 1.165) is 68.7 Å². The largest absolute Gasteiger partial charge is 0.393 e. The van der Waals surface area contributed by atoms with Crippen molar-refractivity contribution in [2.24, 2.45) is 0 Å². The first-order valence-electron chi connectivity index (χ1n) is 26.3. The zero-order valence-corrected chi connectivity index (χ0v) is 42.6. The number of anilines is 1. The summed E-state index contributed by atoms with van der Waals surface area (Å²) in [5.41, 5.74) is 8.05. The molecule has 0 spiro atoms. The van der Waals surface area contributed by atoms with Crippen LogP contribution >= 0.6 is 0 Å². The van der Waals surface area contributed by atoms with Gasteiger partial charge in [-0.15, -0.1) is 0 Å². The molecule has 1 aliphatic carbocycles. The van der Waals surface area contributed by atoms with Crippen LogP contribution in [0.2, 0.25) is 0 Å². The normalized spacial score (nSPS) is 17.3. The second kappa shape index (κ2) is 25.7. The van der Waals surface area contributed by atoms with E-state index < -0.39 is 29.7 Å². The van der Waals surface area contributed by atoms with Gasteiger partial charge in [-0.2, -0.15) is 0 Å². The number of aliphatic hydroxyl groups excluding tert-OH is 1. The minimum absolute atomic E-state index is 0.0309. The molecule has 1 atom stereocenters. The average Bonchev–Trinajstić information content (AvgIpc) is 3.90. The summed E-state index contributed by atoms with van der Waals surface area (Å²) in [6.45, 7) is 3.39. The minimum Gasteiger partial charge on any atom is -0.393 e. The summed E-state index contributed by atoms with van der Waals surface area (Å²) in [5.74, 6) is 4.40. The first-order valence-corrected chi connectivity index (χ1v) is 26.3. The van der Waals surface area contributed by atoms with Crippen LogP contribution in [0.5, 0.6) is 0 Å². The highest BCUT2D eigenvalue weighted by Gasteiger charge is 2.45. The van der Waals surface area contributed by atoms with Crippen LogP contribution in [-0.4, -0.2) is 119 Å². The first kappa shape index (κ1) is 53.1. The zero-order valence-electron chi connectivity index (χ0n) is 42.6.